The summed E-state index contributed by atoms with van der Waals surface area (Å²) in [4.78, 5) is 0. The van der Waals surface area contributed by atoms with Crippen LogP contribution in [0.15, 0.2) is 24.3 Å². The van der Waals surface area contributed by atoms with Crippen LogP contribution in [0.4, 0.5) is 0 Å². The van der Waals surface area contributed by atoms with Crippen LogP contribution in [0.2, 0.25) is 0 Å². The highest BCUT2D eigenvalue weighted by molar-refractivity contribution is 5.28. The van der Waals surface area contributed by atoms with Gasteiger partial charge in [-0.15, -0.1) is 0 Å². The molecular formula is C18H29NO2. The van der Waals surface area contributed by atoms with Crippen molar-refractivity contribution in [2.24, 2.45) is 5.92 Å². The molecule has 1 aliphatic rings. The van der Waals surface area contributed by atoms with Crippen molar-refractivity contribution in [1.29, 1.82) is 0 Å². The van der Waals surface area contributed by atoms with Gasteiger partial charge in [0.1, 0.15) is 12.4 Å². The quantitative estimate of drug-likeness (QED) is 0.740. The molecule has 0 aromatic heterocycles. The fraction of sp³-hybridized carbons (Fsp3) is 0.667. The van der Waals surface area contributed by atoms with E-state index in [0.29, 0.717) is 19.3 Å². The maximum atomic E-state index is 5.93. The first-order valence-corrected chi connectivity index (χ1v) is 8.32. The summed E-state index contributed by atoms with van der Waals surface area (Å²) >= 11 is 0. The first-order chi connectivity index (χ1) is 10.3. The molecule has 21 heavy (non-hydrogen) atoms. The lowest BCUT2D eigenvalue weighted by Crippen LogP contribution is -2.23. The van der Waals surface area contributed by atoms with E-state index in [1.807, 2.05) is 12.1 Å². The van der Waals surface area contributed by atoms with E-state index in [2.05, 4.69) is 31.3 Å². The second-order valence-corrected chi connectivity index (χ2v) is 6.04. The van der Waals surface area contributed by atoms with E-state index in [9.17, 15) is 0 Å². The zero-order valence-corrected chi connectivity index (χ0v) is 13.4. The van der Waals surface area contributed by atoms with Gasteiger partial charge in [0.25, 0.3) is 0 Å². The van der Waals surface area contributed by atoms with Crippen molar-refractivity contribution in [3.05, 3.63) is 29.8 Å². The van der Waals surface area contributed by atoms with Crippen LogP contribution in [0.25, 0.3) is 0 Å². The Bertz CT molecular complexity index is 408. The largest absolute Gasteiger partial charge is 0.491 e. The highest BCUT2D eigenvalue weighted by Crippen LogP contribution is 2.25. The van der Waals surface area contributed by atoms with E-state index in [0.717, 1.165) is 24.8 Å². The first-order valence-electron chi connectivity index (χ1n) is 8.32. The number of rotatable bonds is 8. The third-order valence-electron chi connectivity index (χ3n) is 4.07. The summed E-state index contributed by atoms with van der Waals surface area (Å²) in [6.45, 7) is 7.64. The van der Waals surface area contributed by atoms with Gasteiger partial charge in [-0.05, 0) is 43.0 Å². The van der Waals surface area contributed by atoms with Crippen molar-refractivity contribution in [2.75, 3.05) is 19.8 Å². The second kappa shape index (κ2) is 9.06. The normalized spacial score (nSPS) is 22.2. The van der Waals surface area contributed by atoms with E-state index in [1.165, 1.54) is 31.2 Å². The van der Waals surface area contributed by atoms with Crippen LogP contribution in [0.3, 0.4) is 0 Å². The van der Waals surface area contributed by atoms with E-state index in [4.69, 9.17) is 9.47 Å². The fourth-order valence-corrected chi connectivity index (χ4v) is 2.92. The van der Waals surface area contributed by atoms with Gasteiger partial charge in [-0.2, -0.15) is 0 Å². The van der Waals surface area contributed by atoms with Crippen LogP contribution in [-0.2, 0) is 11.3 Å². The van der Waals surface area contributed by atoms with Crippen molar-refractivity contribution in [3.8, 4) is 5.75 Å². The lowest BCUT2D eigenvalue weighted by atomic mass is 9.89. The molecule has 0 spiro atoms. The molecule has 0 heterocycles. The fourth-order valence-electron chi connectivity index (χ4n) is 2.92. The van der Waals surface area contributed by atoms with Gasteiger partial charge in [0.05, 0.1) is 12.7 Å². The van der Waals surface area contributed by atoms with Gasteiger partial charge in [-0.25, -0.2) is 0 Å². The lowest BCUT2D eigenvalue weighted by molar-refractivity contribution is 0.00196. The van der Waals surface area contributed by atoms with E-state index < -0.39 is 0 Å². The minimum absolute atomic E-state index is 0.442. The van der Waals surface area contributed by atoms with Crippen LogP contribution in [0.1, 0.15) is 45.1 Å². The van der Waals surface area contributed by atoms with Crippen molar-refractivity contribution < 1.29 is 9.47 Å². The molecule has 0 bridgehead atoms. The molecule has 1 aromatic carbocycles. The number of benzene rings is 1. The Morgan fingerprint density at radius 1 is 1.24 bits per heavy atom. The van der Waals surface area contributed by atoms with E-state index >= 15 is 0 Å². The highest BCUT2D eigenvalue weighted by Gasteiger charge is 2.18. The summed E-state index contributed by atoms with van der Waals surface area (Å²) < 4.78 is 11.7. The molecule has 3 nitrogen and oxygen atoms in total. The molecule has 1 aliphatic carbocycles. The Labute approximate surface area is 129 Å². The summed E-state index contributed by atoms with van der Waals surface area (Å²) in [7, 11) is 0. The predicted octanol–water partition coefficient (Wildman–Crippen LogP) is 3.77. The van der Waals surface area contributed by atoms with Crippen molar-refractivity contribution in [3.63, 3.8) is 0 Å². The molecule has 1 fully saturated rings. The molecular weight excluding hydrogens is 262 g/mol. The average molecular weight is 291 g/mol. The van der Waals surface area contributed by atoms with Crippen molar-refractivity contribution >= 4 is 0 Å². The van der Waals surface area contributed by atoms with E-state index in [-0.39, 0.29) is 0 Å². The van der Waals surface area contributed by atoms with Gasteiger partial charge >= 0.3 is 0 Å². The summed E-state index contributed by atoms with van der Waals surface area (Å²) in [5.41, 5.74) is 1.26. The van der Waals surface area contributed by atoms with Crippen LogP contribution in [-0.4, -0.2) is 25.9 Å². The molecule has 118 valence electrons. The lowest BCUT2D eigenvalue weighted by Gasteiger charge is -2.26. The molecule has 2 rings (SSSR count). The molecule has 0 radical (unpaired) electrons. The topological polar surface area (TPSA) is 30.5 Å². The molecule has 0 aliphatic heterocycles. The Balaban J connectivity index is 1.66. The number of ether oxygens (including phenoxy) is 2. The molecule has 3 heteroatoms. The third kappa shape index (κ3) is 6.06. The van der Waals surface area contributed by atoms with Gasteiger partial charge in [0.15, 0.2) is 0 Å². The molecule has 2 unspecified atom stereocenters. The van der Waals surface area contributed by atoms with Gasteiger partial charge in [0.2, 0.25) is 0 Å². The SMILES string of the molecule is CCNCc1cccc(OCCOC2CCCC(C)C2)c1. The van der Waals surface area contributed by atoms with Gasteiger partial charge in [-0.1, -0.05) is 38.8 Å². The smallest absolute Gasteiger partial charge is 0.119 e. The molecule has 1 N–H and O–H groups in total. The third-order valence-corrected chi connectivity index (χ3v) is 4.07. The van der Waals surface area contributed by atoms with Gasteiger partial charge in [-0.3, -0.25) is 0 Å². The van der Waals surface area contributed by atoms with Crippen LogP contribution >= 0.6 is 0 Å². The van der Waals surface area contributed by atoms with Gasteiger partial charge in [0, 0.05) is 6.54 Å². The highest BCUT2D eigenvalue weighted by atomic mass is 16.5. The minimum Gasteiger partial charge on any atom is -0.491 e. The molecule has 0 saturated heterocycles. The minimum atomic E-state index is 0.442. The first kappa shape index (κ1) is 16.3. The van der Waals surface area contributed by atoms with Crippen LogP contribution in [0, 0.1) is 5.92 Å². The number of nitrogens with one attached hydrogen (secondary N) is 1. The zero-order chi connectivity index (χ0) is 14.9. The molecule has 1 saturated carbocycles. The maximum absolute atomic E-state index is 5.93. The summed E-state index contributed by atoms with van der Waals surface area (Å²) in [6.07, 6.45) is 5.52. The Morgan fingerprint density at radius 2 is 2.14 bits per heavy atom. The van der Waals surface area contributed by atoms with Crippen LogP contribution < -0.4 is 10.1 Å². The number of hydrogen-bond donors (Lipinski definition) is 1. The van der Waals surface area contributed by atoms with Crippen molar-refractivity contribution in [2.45, 2.75) is 52.2 Å². The zero-order valence-electron chi connectivity index (χ0n) is 13.4. The Kier molecular flexibility index (Phi) is 7.04. The standard InChI is InChI=1S/C18H29NO2/c1-3-19-14-16-7-5-9-18(13-16)21-11-10-20-17-8-4-6-15(2)12-17/h5,7,9,13,15,17,19H,3-4,6,8,10-12,14H2,1-2H3. The average Bonchev–Trinajstić information content (AvgIpc) is 2.50. The maximum Gasteiger partial charge on any atom is 0.119 e. The Morgan fingerprint density at radius 3 is 2.95 bits per heavy atom. The Hall–Kier alpha value is -1.06. The van der Waals surface area contributed by atoms with Gasteiger partial charge < -0.3 is 14.8 Å². The van der Waals surface area contributed by atoms with Crippen molar-refractivity contribution in [1.82, 2.24) is 5.32 Å². The second-order valence-electron chi connectivity index (χ2n) is 6.04. The molecule has 2 atom stereocenters. The summed E-state index contributed by atoms with van der Waals surface area (Å²) in [6, 6.07) is 8.28. The van der Waals surface area contributed by atoms with Crippen LogP contribution in [0.5, 0.6) is 5.75 Å². The van der Waals surface area contributed by atoms with E-state index in [1.54, 1.807) is 0 Å². The molecule has 0 amide bonds. The summed E-state index contributed by atoms with van der Waals surface area (Å²) in [5.74, 6) is 1.75. The monoisotopic (exact) mass is 291 g/mol. The summed E-state index contributed by atoms with van der Waals surface area (Å²) in [5, 5.41) is 3.33. The predicted molar refractivity (Wildman–Crippen MR) is 86.7 cm³/mol. The number of hydrogen-bond acceptors (Lipinski definition) is 3. The molecule has 1 aromatic rings.